The molecule has 0 radical (unpaired) electrons. The highest BCUT2D eigenvalue weighted by Gasteiger charge is 2.25. The summed E-state index contributed by atoms with van der Waals surface area (Å²) < 4.78 is 6.89. The summed E-state index contributed by atoms with van der Waals surface area (Å²) in [4.78, 5) is 17.6. The first-order valence-electron chi connectivity index (χ1n) is 5.69. The van der Waals surface area contributed by atoms with Crippen molar-refractivity contribution in [2.24, 2.45) is 0 Å². The van der Waals surface area contributed by atoms with Gasteiger partial charge in [-0.3, -0.25) is 0 Å². The van der Waals surface area contributed by atoms with Gasteiger partial charge in [0.05, 0.1) is 26.0 Å². The summed E-state index contributed by atoms with van der Waals surface area (Å²) in [7, 11) is 3.32. The normalized spacial score (nSPS) is 14.6. The maximum atomic E-state index is 11.5. The van der Waals surface area contributed by atoms with E-state index in [4.69, 9.17) is 4.74 Å². The highest BCUT2D eigenvalue weighted by atomic mass is 16.5. The molecular formula is C11H18N4O2. The molecule has 2 rings (SSSR count). The fourth-order valence-corrected chi connectivity index (χ4v) is 2.23. The van der Waals surface area contributed by atoms with Crippen molar-refractivity contribution in [1.82, 2.24) is 19.8 Å². The average Bonchev–Trinajstić information content (AvgIpc) is 2.64. The van der Waals surface area contributed by atoms with Crippen LogP contribution in [0.25, 0.3) is 0 Å². The van der Waals surface area contributed by atoms with Gasteiger partial charge in [0.1, 0.15) is 5.82 Å². The topological polar surface area (TPSA) is 59.4 Å². The van der Waals surface area contributed by atoms with Crippen LogP contribution in [-0.2, 0) is 24.4 Å². The summed E-state index contributed by atoms with van der Waals surface area (Å²) in [5, 5.41) is 3.12. The van der Waals surface area contributed by atoms with Crippen LogP contribution in [0.4, 0.5) is 4.79 Å². The number of rotatable bonds is 2. The predicted octanol–water partition coefficient (Wildman–Crippen LogP) is 0.493. The second kappa shape index (κ2) is 4.75. The first-order valence-corrected chi connectivity index (χ1v) is 5.69. The summed E-state index contributed by atoms with van der Waals surface area (Å²) in [6.07, 6.45) is 0.545. The van der Waals surface area contributed by atoms with Crippen molar-refractivity contribution >= 4 is 6.09 Å². The number of carbonyl (C=O) groups excluding carboxylic acids is 1. The van der Waals surface area contributed by atoms with E-state index in [2.05, 4.69) is 14.9 Å². The molecule has 1 N–H and O–H groups in total. The Labute approximate surface area is 101 Å². The summed E-state index contributed by atoms with van der Waals surface area (Å²) in [6, 6.07) is 0. The van der Waals surface area contributed by atoms with Crippen LogP contribution in [0, 0.1) is 6.92 Å². The monoisotopic (exact) mass is 238 g/mol. The van der Waals surface area contributed by atoms with Crippen molar-refractivity contribution < 1.29 is 9.53 Å². The Hall–Kier alpha value is -1.56. The number of hydrogen-bond acceptors (Lipinski definition) is 4. The van der Waals surface area contributed by atoms with Crippen LogP contribution in [0.1, 0.15) is 17.2 Å². The SMILES string of the molecule is CNCn1c(C)nc2c1CCN(C(=O)OC)C2. The lowest BCUT2D eigenvalue weighted by Crippen LogP contribution is -2.36. The molecule has 0 saturated carbocycles. The van der Waals surface area contributed by atoms with Crippen molar-refractivity contribution in [3.05, 3.63) is 17.2 Å². The van der Waals surface area contributed by atoms with Gasteiger partial charge in [-0.25, -0.2) is 9.78 Å². The van der Waals surface area contributed by atoms with Crippen LogP contribution in [0.2, 0.25) is 0 Å². The fraction of sp³-hybridized carbons (Fsp3) is 0.636. The van der Waals surface area contributed by atoms with Crippen LogP contribution in [0.15, 0.2) is 0 Å². The Morgan fingerprint density at radius 3 is 3.00 bits per heavy atom. The number of imidazole rings is 1. The van der Waals surface area contributed by atoms with Gasteiger partial charge in [0, 0.05) is 18.7 Å². The molecule has 6 nitrogen and oxygen atoms in total. The largest absolute Gasteiger partial charge is 0.453 e. The number of fused-ring (bicyclic) bond motifs is 1. The maximum absolute atomic E-state index is 11.5. The second-order valence-corrected chi connectivity index (χ2v) is 4.13. The number of nitrogens with one attached hydrogen (secondary N) is 1. The molecule has 0 atom stereocenters. The van der Waals surface area contributed by atoms with E-state index in [0.717, 1.165) is 24.6 Å². The average molecular weight is 238 g/mol. The van der Waals surface area contributed by atoms with E-state index >= 15 is 0 Å². The van der Waals surface area contributed by atoms with Crippen LogP contribution in [0.3, 0.4) is 0 Å². The zero-order valence-electron chi connectivity index (χ0n) is 10.5. The Bertz CT molecular complexity index is 427. The van der Waals surface area contributed by atoms with Gasteiger partial charge in [0.25, 0.3) is 0 Å². The molecule has 0 aliphatic carbocycles. The van der Waals surface area contributed by atoms with Crippen molar-refractivity contribution in [3.8, 4) is 0 Å². The maximum Gasteiger partial charge on any atom is 0.409 e. The first-order chi connectivity index (χ1) is 8.17. The van der Waals surface area contributed by atoms with Gasteiger partial charge in [0.15, 0.2) is 0 Å². The molecule has 1 aliphatic heterocycles. The molecule has 0 aromatic carbocycles. The van der Waals surface area contributed by atoms with Gasteiger partial charge in [-0.05, 0) is 14.0 Å². The smallest absolute Gasteiger partial charge is 0.409 e. The Morgan fingerprint density at radius 1 is 1.59 bits per heavy atom. The van der Waals surface area contributed by atoms with Crippen molar-refractivity contribution in [3.63, 3.8) is 0 Å². The summed E-state index contributed by atoms with van der Waals surface area (Å²) in [5.74, 6) is 0.982. The standard InChI is InChI=1S/C11H18N4O2/c1-8-13-9-6-14(11(16)17-3)5-4-10(9)15(8)7-12-2/h12H,4-7H2,1-3H3. The zero-order valence-corrected chi connectivity index (χ0v) is 10.5. The number of nitrogens with zero attached hydrogens (tertiary/aromatic N) is 3. The third-order valence-corrected chi connectivity index (χ3v) is 3.05. The molecule has 1 aliphatic rings. The van der Waals surface area contributed by atoms with E-state index in [1.54, 1.807) is 4.90 Å². The minimum Gasteiger partial charge on any atom is -0.453 e. The highest BCUT2D eigenvalue weighted by Crippen LogP contribution is 2.20. The van der Waals surface area contributed by atoms with E-state index < -0.39 is 0 Å². The van der Waals surface area contributed by atoms with Crippen molar-refractivity contribution in [2.45, 2.75) is 26.6 Å². The van der Waals surface area contributed by atoms with Crippen molar-refractivity contribution in [1.29, 1.82) is 0 Å². The number of ether oxygens (including phenoxy) is 1. The number of aromatic nitrogens is 2. The molecule has 1 amide bonds. The van der Waals surface area contributed by atoms with Gasteiger partial charge in [-0.15, -0.1) is 0 Å². The lowest BCUT2D eigenvalue weighted by Gasteiger charge is -2.25. The molecule has 2 heterocycles. The van der Waals surface area contributed by atoms with Crippen LogP contribution < -0.4 is 5.32 Å². The molecule has 1 aromatic rings. The van der Waals surface area contributed by atoms with Gasteiger partial charge in [-0.2, -0.15) is 0 Å². The van der Waals surface area contributed by atoms with E-state index in [1.165, 1.54) is 12.8 Å². The van der Waals surface area contributed by atoms with Crippen LogP contribution in [-0.4, -0.2) is 41.2 Å². The molecule has 94 valence electrons. The number of methoxy groups -OCH3 is 1. The third-order valence-electron chi connectivity index (χ3n) is 3.05. The molecule has 0 bridgehead atoms. The Kier molecular flexibility index (Phi) is 3.33. The lowest BCUT2D eigenvalue weighted by molar-refractivity contribution is 0.117. The Morgan fingerprint density at radius 2 is 2.35 bits per heavy atom. The Balaban J connectivity index is 2.22. The lowest BCUT2D eigenvalue weighted by atomic mass is 10.1. The molecule has 17 heavy (non-hydrogen) atoms. The van der Waals surface area contributed by atoms with E-state index in [-0.39, 0.29) is 6.09 Å². The molecule has 0 fully saturated rings. The fourth-order valence-electron chi connectivity index (χ4n) is 2.23. The molecule has 6 heteroatoms. The molecule has 1 aromatic heterocycles. The third kappa shape index (κ3) is 2.12. The van der Waals surface area contributed by atoms with Gasteiger partial charge in [0.2, 0.25) is 0 Å². The van der Waals surface area contributed by atoms with Crippen LogP contribution in [0.5, 0.6) is 0 Å². The zero-order chi connectivity index (χ0) is 12.4. The number of hydrogen-bond donors (Lipinski definition) is 1. The molecular weight excluding hydrogens is 220 g/mol. The first kappa shape index (κ1) is 11.9. The van der Waals surface area contributed by atoms with E-state index in [9.17, 15) is 4.79 Å². The summed E-state index contributed by atoms with van der Waals surface area (Å²) in [6.45, 7) is 3.97. The van der Waals surface area contributed by atoms with Gasteiger partial charge in [-0.1, -0.05) is 0 Å². The molecule has 0 unspecified atom stereocenters. The van der Waals surface area contributed by atoms with Crippen LogP contribution >= 0.6 is 0 Å². The van der Waals surface area contributed by atoms with E-state index in [1.807, 2.05) is 14.0 Å². The highest BCUT2D eigenvalue weighted by molar-refractivity contribution is 5.67. The quantitative estimate of drug-likeness (QED) is 0.814. The van der Waals surface area contributed by atoms with Gasteiger partial charge < -0.3 is 19.5 Å². The molecule has 0 spiro atoms. The number of amides is 1. The summed E-state index contributed by atoms with van der Waals surface area (Å²) in [5.41, 5.74) is 2.20. The minimum absolute atomic E-state index is 0.281. The second-order valence-electron chi connectivity index (χ2n) is 4.13. The minimum atomic E-state index is -0.281. The molecule has 0 saturated heterocycles. The number of carbonyl (C=O) groups is 1. The number of aryl methyl sites for hydroxylation is 1. The predicted molar refractivity (Wildman–Crippen MR) is 62.5 cm³/mol. The van der Waals surface area contributed by atoms with Crippen molar-refractivity contribution in [2.75, 3.05) is 20.7 Å². The van der Waals surface area contributed by atoms with Gasteiger partial charge >= 0.3 is 6.09 Å². The van der Waals surface area contributed by atoms with E-state index in [0.29, 0.717) is 13.1 Å². The summed E-state index contributed by atoms with van der Waals surface area (Å²) >= 11 is 0.